The molecule has 1 rings (SSSR count). The first-order chi connectivity index (χ1) is 9.85. The van der Waals surface area contributed by atoms with E-state index in [4.69, 9.17) is 0 Å². The average molecular weight is 314 g/mol. The first kappa shape index (κ1) is 17.6. The zero-order valence-corrected chi connectivity index (χ0v) is 13.1. The molecule has 1 atom stereocenters. The summed E-state index contributed by atoms with van der Waals surface area (Å²) in [7, 11) is -3.69. The van der Waals surface area contributed by atoms with Gasteiger partial charge in [-0.15, -0.1) is 0 Å². The van der Waals surface area contributed by atoms with Gasteiger partial charge in [0.1, 0.15) is 0 Å². The minimum Gasteiger partial charge on any atom is -0.394 e. The van der Waals surface area contributed by atoms with Crippen molar-refractivity contribution >= 4 is 15.9 Å². The quantitative estimate of drug-likeness (QED) is 0.650. The molecule has 0 heterocycles. The molecule has 0 bridgehead atoms. The number of sulfonamides is 1. The van der Waals surface area contributed by atoms with Crippen LogP contribution in [0.2, 0.25) is 0 Å². The second-order valence-electron chi connectivity index (χ2n) is 5.21. The molecule has 0 aliphatic carbocycles. The minimum absolute atomic E-state index is 0.110. The maximum atomic E-state index is 11.9. The molecule has 1 unspecified atom stereocenters. The van der Waals surface area contributed by atoms with Crippen LogP contribution in [0.3, 0.4) is 0 Å². The third-order valence-corrected chi connectivity index (χ3v) is 4.23. The van der Waals surface area contributed by atoms with Gasteiger partial charge in [0, 0.05) is 0 Å². The number of carbonyl (C=O) groups is 1. The monoisotopic (exact) mass is 314 g/mol. The summed E-state index contributed by atoms with van der Waals surface area (Å²) in [5.41, 5.74) is 0. The van der Waals surface area contributed by atoms with Crippen LogP contribution in [0.4, 0.5) is 0 Å². The summed E-state index contributed by atoms with van der Waals surface area (Å²) in [6.07, 6.45) is 0.633. The second kappa shape index (κ2) is 8.11. The van der Waals surface area contributed by atoms with Crippen LogP contribution in [-0.2, 0) is 14.8 Å². The molecule has 0 saturated carbocycles. The van der Waals surface area contributed by atoms with Crippen LogP contribution >= 0.6 is 0 Å². The zero-order valence-electron chi connectivity index (χ0n) is 12.2. The Balaban J connectivity index is 2.53. The maximum Gasteiger partial charge on any atom is 0.241 e. The van der Waals surface area contributed by atoms with Crippen LogP contribution in [-0.4, -0.2) is 38.6 Å². The molecule has 7 heteroatoms. The van der Waals surface area contributed by atoms with E-state index in [1.807, 2.05) is 13.8 Å². The molecule has 0 radical (unpaired) electrons. The maximum absolute atomic E-state index is 11.9. The third-order valence-electron chi connectivity index (χ3n) is 2.82. The normalized spacial score (nSPS) is 13.1. The van der Waals surface area contributed by atoms with Gasteiger partial charge in [0.05, 0.1) is 24.1 Å². The van der Waals surface area contributed by atoms with E-state index in [9.17, 15) is 18.3 Å². The predicted molar refractivity (Wildman–Crippen MR) is 80.1 cm³/mol. The van der Waals surface area contributed by atoms with Crippen LogP contribution in [0.25, 0.3) is 0 Å². The van der Waals surface area contributed by atoms with Gasteiger partial charge in [-0.3, -0.25) is 4.79 Å². The molecule has 6 nitrogen and oxygen atoms in total. The number of amides is 1. The Kier molecular flexibility index (Phi) is 6.80. The fourth-order valence-electron chi connectivity index (χ4n) is 1.87. The SMILES string of the molecule is CC(C)CC(CO)NC(=O)CNS(=O)(=O)c1ccccc1. The van der Waals surface area contributed by atoms with Crippen LogP contribution in [0.1, 0.15) is 20.3 Å². The molecule has 1 aromatic rings. The van der Waals surface area contributed by atoms with Gasteiger partial charge in [0.25, 0.3) is 0 Å². The van der Waals surface area contributed by atoms with E-state index in [1.54, 1.807) is 18.2 Å². The van der Waals surface area contributed by atoms with Crippen molar-refractivity contribution in [1.29, 1.82) is 0 Å². The third kappa shape index (κ3) is 6.24. The average Bonchev–Trinajstić information content (AvgIpc) is 2.45. The van der Waals surface area contributed by atoms with Crippen LogP contribution in [0.5, 0.6) is 0 Å². The summed E-state index contributed by atoms with van der Waals surface area (Å²) in [6.45, 7) is 3.43. The smallest absolute Gasteiger partial charge is 0.241 e. The Bertz CT molecular complexity index is 543. The highest BCUT2D eigenvalue weighted by atomic mass is 32.2. The molecule has 0 aliphatic rings. The molecular formula is C14H22N2O4S. The number of carbonyl (C=O) groups excluding carboxylic acids is 1. The molecule has 0 aromatic heterocycles. The van der Waals surface area contributed by atoms with Crippen molar-refractivity contribution in [2.75, 3.05) is 13.2 Å². The van der Waals surface area contributed by atoms with Crippen molar-refractivity contribution in [2.24, 2.45) is 5.92 Å². The molecular weight excluding hydrogens is 292 g/mol. The van der Waals surface area contributed by atoms with Crippen LogP contribution < -0.4 is 10.0 Å². The lowest BCUT2D eigenvalue weighted by Gasteiger charge is -2.18. The lowest BCUT2D eigenvalue weighted by molar-refractivity contribution is -0.121. The summed E-state index contributed by atoms with van der Waals surface area (Å²) in [5.74, 6) is -0.141. The topological polar surface area (TPSA) is 95.5 Å². The Hall–Kier alpha value is -1.44. The largest absolute Gasteiger partial charge is 0.394 e. The lowest BCUT2D eigenvalue weighted by atomic mass is 10.0. The van der Waals surface area contributed by atoms with Crippen molar-refractivity contribution in [3.63, 3.8) is 0 Å². The predicted octanol–water partition coefficient (Wildman–Crippen LogP) is 0.488. The van der Waals surface area contributed by atoms with Crippen LogP contribution in [0, 0.1) is 5.92 Å². The first-order valence-electron chi connectivity index (χ1n) is 6.80. The van der Waals surface area contributed by atoms with Gasteiger partial charge < -0.3 is 10.4 Å². The van der Waals surface area contributed by atoms with Gasteiger partial charge in [-0.25, -0.2) is 13.1 Å². The number of rotatable bonds is 8. The minimum atomic E-state index is -3.69. The van der Waals surface area contributed by atoms with E-state index < -0.39 is 15.9 Å². The van der Waals surface area contributed by atoms with Gasteiger partial charge in [-0.1, -0.05) is 32.0 Å². The van der Waals surface area contributed by atoms with Gasteiger partial charge >= 0.3 is 0 Å². The standard InChI is InChI=1S/C14H22N2O4S/c1-11(2)8-12(10-17)16-14(18)9-15-21(19,20)13-6-4-3-5-7-13/h3-7,11-12,15,17H,8-10H2,1-2H3,(H,16,18). The number of aliphatic hydroxyl groups is 1. The molecule has 118 valence electrons. The van der Waals surface area contributed by atoms with Gasteiger partial charge in [-0.05, 0) is 24.5 Å². The summed E-state index contributed by atoms with van der Waals surface area (Å²) in [6, 6.07) is 7.48. The van der Waals surface area contributed by atoms with E-state index in [-0.39, 0.29) is 24.1 Å². The van der Waals surface area contributed by atoms with Gasteiger partial charge in [-0.2, -0.15) is 0 Å². The molecule has 0 aliphatic heterocycles. The highest BCUT2D eigenvalue weighted by Crippen LogP contribution is 2.07. The Morgan fingerprint density at radius 1 is 1.24 bits per heavy atom. The Labute approximate surface area is 125 Å². The van der Waals surface area contributed by atoms with Crippen LogP contribution in [0.15, 0.2) is 35.2 Å². The van der Waals surface area contributed by atoms with Crippen molar-refractivity contribution in [3.8, 4) is 0 Å². The van der Waals surface area contributed by atoms with E-state index >= 15 is 0 Å². The Morgan fingerprint density at radius 2 is 1.86 bits per heavy atom. The second-order valence-corrected chi connectivity index (χ2v) is 6.98. The first-order valence-corrected chi connectivity index (χ1v) is 8.28. The van der Waals surface area contributed by atoms with E-state index in [1.165, 1.54) is 12.1 Å². The molecule has 1 amide bonds. The van der Waals surface area contributed by atoms with Gasteiger partial charge in [0.2, 0.25) is 15.9 Å². The van der Waals surface area contributed by atoms with E-state index in [0.717, 1.165) is 0 Å². The summed E-state index contributed by atoms with van der Waals surface area (Å²) < 4.78 is 26.1. The highest BCUT2D eigenvalue weighted by Gasteiger charge is 2.17. The number of benzene rings is 1. The van der Waals surface area contributed by atoms with Crippen molar-refractivity contribution in [1.82, 2.24) is 10.0 Å². The Morgan fingerprint density at radius 3 is 2.38 bits per heavy atom. The number of hydrogen-bond donors (Lipinski definition) is 3. The van der Waals surface area contributed by atoms with Crippen molar-refractivity contribution in [2.45, 2.75) is 31.2 Å². The van der Waals surface area contributed by atoms with E-state index in [2.05, 4.69) is 10.0 Å². The number of nitrogens with one attached hydrogen (secondary N) is 2. The fraction of sp³-hybridized carbons (Fsp3) is 0.500. The summed E-state index contributed by atoms with van der Waals surface area (Å²) in [4.78, 5) is 11.8. The molecule has 0 spiro atoms. The molecule has 21 heavy (non-hydrogen) atoms. The lowest BCUT2D eigenvalue weighted by Crippen LogP contribution is -2.44. The molecule has 0 fully saturated rings. The highest BCUT2D eigenvalue weighted by molar-refractivity contribution is 7.89. The zero-order chi connectivity index (χ0) is 15.9. The molecule has 3 N–H and O–H groups in total. The van der Waals surface area contributed by atoms with Gasteiger partial charge in [0.15, 0.2) is 0 Å². The fourth-order valence-corrected chi connectivity index (χ4v) is 2.87. The number of aliphatic hydroxyl groups excluding tert-OH is 1. The van der Waals surface area contributed by atoms with E-state index in [0.29, 0.717) is 12.3 Å². The van der Waals surface area contributed by atoms with Crippen molar-refractivity contribution in [3.05, 3.63) is 30.3 Å². The number of hydrogen-bond acceptors (Lipinski definition) is 4. The molecule has 1 aromatic carbocycles. The molecule has 0 saturated heterocycles. The van der Waals surface area contributed by atoms with Crippen molar-refractivity contribution < 1.29 is 18.3 Å². The summed E-state index contributed by atoms with van der Waals surface area (Å²) in [5, 5.41) is 11.8. The summed E-state index contributed by atoms with van der Waals surface area (Å²) >= 11 is 0.